The van der Waals surface area contributed by atoms with Gasteiger partial charge in [-0.15, -0.1) is 0 Å². The van der Waals surface area contributed by atoms with Crippen LogP contribution in [0.3, 0.4) is 0 Å². The fourth-order valence-electron chi connectivity index (χ4n) is 3.68. The molecule has 3 aromatic rings. The molecule has 4 nitrogen and oxygen atoms in total. The highest BCUT2D eigenvalue weighted by Gasteiger charge is 2.19. The molecule has 1 aliphatic rings. The van der Waals surface area contributed by atoms with Crippen LogP contribution >= 0.6 is 0 Å². The van der Waals surface area contributed by atoms with Crippen LogP contribution in [0.2, 0.25) is 0 Å². The maximum absolute atomic E-state index is 9.36. The van der Waals surface area contributed by atoms with E-state index in [9.17, 15) is 5.11 Å². The molecule has 0 aliphatic carbocycles. The minimum Gasteiger partial charge on any atom is -0.508 e. The lowest BCUT2D eigenvalue weighted by atomic mass is 10.1. The molecule has 0 atom stereocenters. The molecule has 0 spiro atoms. The van der Waals surface area contributed by atoms with E-state index >= 15 is 0 Å². The third-order valence-corrected chi connectivity index (χ3v) is 5.13. The van der Waals surface area contributed by atoms with Crippen molar-refractivity contribution in [2.45, 2.75) is 32.4 Å². The third kappa shape index (κ3) is 3.97. The SMILES string of the molecule is Oc1ccc(CCCN2CCn3c(cnc3Cc3ccccc3)C2)cc1. The maximum atomic E-state index is 9.36. The lowest BCUT2D eigenvalue weighted by Crippen LogP contribution is -2.34. The summed E-state index contributed by atoms with van der Waals surface area (Å²) in [6.45, 7) is 4.19. The van der Waals surface area contributed by atoms with Gasteiger partial charge in [-0.25, -0.2) is 4.98 Å². The lowest BCUT2D eigenvalue weighted by Gasteiger charge is -2.29. The quantitative estimate of drug-likeness (QED) is 0.740. The smallest absolute Gasteiger partial charge is 0.115 e. The number of nitrogens with zero attached hydrogens (tertiary/aromatic N) is 3. The summed E-state index contributed by atoms with van der Waals surface area (Å²) in [6, 6.07) is 18.1. The van der Waals surface area contributed by atoms with Crippen LogP contribution in [0.25, 0.3) is 0 Å². The fraction of sp³-hybridized carbons (Fsp3) is 0.318. The number of fused-ring (bicyclic) bond motifs is 1. The zero-order valence-corrected chi connectivity index (χ0v) is 15.0. The number of hydrogen-bond acceptors (Lipinski definition) is 3. The van der Waals surface area contributed by atoms with Crippen LogP contribution in [-0.4, -0.2) is 32.6 Å². The van der Waals surface area contributed by atoms with Gasteiger partial charge in [0.05, 0.1) is 5.69 Å². The van der Waals surface area contributed by atoms with E-state index in [2.05, 4.69) is 44.8 Å². The summed E-state index contributed by atoms with van der Waals surface area (Å²) < 4.78 is 2.39. The van der Waals surface area contributed by atoms with Crippen molar-refractivity contribution in [1.29, 1.82) is 0 Å². The second-order valence-corrected chi connectivity index (χ2v) is 7.03. The van der Waals surface area contributed by atoms with Crippen LogP contribution < -0.4 is 0 Å². The topological polar surface area (TPSA) is 41.3 Å². The highest BCUT2D eigenvalue weighted by atomic mass is 16.3. The molecule has 0 unspecified atom stereocenters. The van der Waals surface area contributed by atoms with Crippen molar-refractivity contribution < 1.29 is 5.11 Å². The van der Waals surface area contributed by atoms with Crippen LogP contribution in [0.5, 0.6) is 5.75 Å². The summed E-state index contributed by atoms with van der Waals surface area (Å²) >= 11 is 0. The van der Waals surface area contributed by atoms with Crippen LogP contribution in [0.15, 0.2) is 60.8 Å². The van der Waals surface area contributed by atoms with Gasteiger partial charge < -0.3 is 9.67 Å². The summed E-state index contributed by atoms with van der Waals surface area (Å²) in [7, 11) is 0. The Morgan fingerprint density at radius 2 is 1.73 bits per heavy atom. The van der Waals surface area contributed by atoms with Crippen molar-refractivity contribution in [3.8, 4) is 5.75 Å². The maximum Gasteiger partial charge on any atom is 0.115 e. The Labute approximate surface area is 154 Å². The van der Waals surface area contributed by atoms with Crippen molar-refractivity contribution in [3.05, 3.63) is 83.4 Å². The summed E-state index contributed by atoms with van der Waals surface area (Å²) in [5, 5.41) is 9.36. The van der Waals surface area contributed by atoms with Crippen LogP contribution in [0, 0.1) is 0 Å². The molecule has 0 saturated carbocycles. The highest BCUT2D eigenvalue weighted by molar-refractivity contribution is 5.26. The molecule has 2 heterocycles. The summed E-state index contributed by atoms with van der Waals surface area (Å²) in [6.07, 6.45) is 5.14. The number of aromatic hydroxyl groups is 1. The van der Waals surface area contributed by atoms with Crippen molar-refractivity contribution in [2.75, 3.05) is 13.1 Å². The normalized spacial score (nSPS) is 14.3. The van der Waals surface area contributed by atoms with Crippen molar-refractivity contribution in [3.63, 3.8) is 0 Å². The predicted octanol–water partition coefficient (Wildman–Crippen LogP) is 3.63. The molecule has 1 aromatic heterocycles. The van der Waals surface area contributed by atoms with E-state index in [0.29, 0.717) is 5.75 Å². The third-order valence-electron chi connectivity index (χ3n) is 5.13. The number of hydrogen-bond donors (Lipinski definition) is 1. The van der Waals surface area contributed by atoms with E-state index in [1.54, 1.807) is 12.1 Å². The Morgan fingerprint density at radius 1 is 0.923 bits per heavy atom. The van der Waals surface area contributed by atoms with Gasteiger partial charge >= 0.3 is 0 Å². The zero-order chi connectivity index (χ0) is 17.8. The first-order valence-electron chi connectivity index (χ1n) is 9.35. The molecular weight excluding hydrogens is 322 g/mol. The first-order valence-corrected chi connectivity index (χ1v) is 9.35. The van der Waals surface area contributed by atoms with Gasteiger partial charge in [-0.1, -0.05) is 42.5 Å². The van der Waals surface area contributed by atoms with Crippen LogP contribution in [-0.2, 0) is 25.9 Å². The molecule has 1 aliphatic heterocycles. The Morgan fingerprint density at radius 3 is 2.54 bits per heavy atom. The Balaban J connectivity index is 1.31. The number of phenols is 1. The largest absolute Gasteiger partial charge is 0.508 e. The Hall–Kier alpha value is -2.59. The monoisotopic (exact) mass is 347 g/mol. The van der Waals surface area contributed by atoms with Crippen molar-refractivity contribution >= 4 is 0 Å². The van der Waals surface area contributed by atoms with Gasteiger partial charge in [0.1, 0.15) is 11.6 Å². The molecule has 26 heavy (non-hydrogen) atoms. The van der Waals surface area contributed by atoms with Gasteiger partial charge in [-0.2, -0.15) is 0 Å². The van der Waals surface area contributed by atoms with E-state index in [1.807, 2.05) is 18.3 Å². The number of phenolic OH excluding ortho intramolecular Hbond substituents is 1. The van der Waals surface area contributed by atoms with E-state index in [1.165, 1.54) is 22.6 Å². The second kappa shape index (κ2) is 7.75. The number of rotatable bonds is 6. The molecule has 2 aromatic carbocycles. The van der Waals surface area contributed by atoms with Gasteiger partial charge in [0.2, 0.25) is 0 Å². The zero-order valence-electron chi connectivity index (χ0n) is 15.0. The molecule has 0 amide bonds. The molecule has 0 saturated heterocycles. The molecule has 4 heteroatoms. The van der Waals surface area contributed by atoms with Crippen molar-refractivity contribution in [2.24, 2.45) is 0 Å². The first-order chi connectivity index (χ1) is 12.8. The van der Waals surface area contributed by atoms with Crippen LogP contribution in [0.1, 0.15) is 29.1 Å². The lowest BCUT2D eigenvalue weighted by molar-refractivity contribution is 0.217. The van der Waals surface area contributed by atoms with Gasteiger partial charge in [0.25, 0.3) is 0 Å². The summed E-state index contributed by atoms with van der Waals surface area (Å²) in [4.78, 5) is 7.19. The molecular formula is C22H25N3O. The second-order valence-electron chi connectivity index (χ2n) is 7.03. The molecule has 0 fully saturated rings. The van der Waals surface area contributed by atoms with Gasteiger partial charge in [-0.05, 0) is 42.6 Å². The van der Waals surface area contributed by atoms with E-state index in [-0.39, 0.29) is 0 Å². The number of imidazole rings is 1. The first kappa shape index (κ1) is 16.9. The fourth-order valence-corrected chi connectivity index (χ4v) is 3.68. The standard InChI is InChI=1S/C22H25N3O/c26-21-10-8-18(9-11-21)7-4-12-24-13-14-25-20(17-24)16-23-22(25)15-19-5-2-1-3-6-19/h1-3,5-6,8-11,16,26H,4,7,12-15,17H2. The molecule has 0 radical (unpaired) electrons. The minimum atomic E-state index is 0.337. The minimum absolute atomic E-state index is 0.337. The average Bonchev–Trinajstić information content (AvgIpc) is 3.06. The molecule has 4 rings (SSSR count). The molecule has 1 N–H and O–H groups in total. The Kier molecular flexibility index (Phi) is 5.02. The van der Waals surface area contributed by atoms with E-state index in [0.717, 1.165) is 45.4 Å². The molecule has 0 bridgehead atoms. The summed E-state index contributed by atoms with van der Waals surface area (Å²) in [5.74, 6) is 1.51. The average molecular weight is 347 g/mol. The number of benzene rings is 2. The molecule has 134 valence electrons. The van der Waals surface area contributed by atoms with E-state index in [4.69, 9.17) is 0 Å². The Bertz CT molecular complexity index is 840. The predicted molar refractivity (Wildman–Crippen MR) is 103 cm³/mol. The van der Waals surface area contributed by atoms with Gasteiger partial charge in [0, 0.05) is 32.3 Å². The van der Waals surface area contributed by atoms with Crippen LogP contribution in [0.4, 0.5) is 0 Å². The van der Waals surface area contributed by atoms with Crippen molar-refractivity contribution in [1.82, 2.24) is 14.5 Å². The van der Waals surface area contributed by atoms with Gasteiger partial charge in [0.15, 0.2) is 0 Å². The highest BCUT2D eigenvalue weighted by Crippen LogP contribution is 2.18. The van der Waals surface area contributed by atoms with Gasteiger partial charge in [-0.3, -0.25) is 4.90 Å². The van der Waals surface area contributed by atoms with E-state index < -0.39 is 0 Å². The number of aromatic nitrogens is 2. The number of aryl methyl sites for hydroxylation is 1. The summed E-state index contributed by atoms with van der Waals surface area (Å²) in [5.41, 5.74) is 3.93.